The van der Waals surface area contributed by atoms with Crippen molar-refractivity contribution in [2.24, 2.45) is 11.8 Å². The molecule has 1 aliphatic carbocycles. The molecule has 0 aromatic carbocycles. The lowest BCUT2D eigenvalue weighted by Gasteiger charge is -2.32. The Balaban J connectivity index is 2.10. The Bertz CT molecular complexity index is 194. The van der Waals surface area contributed by atoms with Gasteiger partial charge in [-0.1, -0.05) is 0 Å². The molecule has 0 saturated heterocycles. The minimum absolute atomic E-state index is 0.0474. The molecule has 4 nitrogen and oxygen atoms in total. The fourth-order valence-electron chi connectivity index (χ4n) is 1.39. The van der Waals surface area contributed by atoms with Crippen LogP contribution < -0.4 is 5.32 Å². The van der Waals surface area contributed by atoms with Gasteiger partial charge in [0.05, 0.1) is 5.92 Å². The van der Waals surface area contributed by atoms with Gasteiger partial charge in [0, 0.05) is 13.5 Å². The van der Waals surface area contributed by atoms with Crippen LogP contribution in [0.15, 0.2) is 0 Å². The molecule has 0 heterocycles. The molecule has 0 radical (unpaired) electrons. The van der Waals surface area contributed by atoms with Gasteiger partial charge in [-0.25, -0.2) is 0 Å². The predicted octanol–water partition coefficient (Wildman–Crippen LogP) is 0.233. The van der Waals surface area contributed by atoms with Gasteiger partial charge in [0.2, 0.25) is 5.91 Å². The molecule has 0 aliphatic heterocycles. The maximum absolute atomic E-state index is 10.5. The third kappa shape index (κ3) is 2.22. The summed E-state index contributed by atoms with van der Waals surface area (Å²) >= 11 is 0. The molecule has 2 N–H and O–H groups in total. The fraction of sp³-hybridized carbons (Fsp3) is 0.750. The molecule has 1 aliphatic rings. The maximum atomic E-state index is 10.5. The second kappa shape index (κ2) is 3.56. The summed E-state index contributed by atoms with van der Waals surface area (Å²) in [5, 5.41) is 11.2. The predicted molar refractivity (Wildman–Crippen MR) is 42.5 cm³/mol. The van der Waals surface area contributed by atoms with E-state index in [1.165, 1.54) is 6.92 Å². The summed E-state index contributed by atoms with van der Waals surface area (Å²) in [7, 11) is 0. The van der Waals surface area contributed by atoms with Crippen molar-refractivity contribution >= 4 is 11.9 Å². The van der Waals surface area contributed by atoms with Gasteiger partial charge >= 0.3 is 5.97 Å². The van der Waals surface area contributed by atoms with Crippen LogP contribution in [0.2, 0.25) is 0 Å². The summed E-state index contributed by atoms with van der Waals surface area (Å²) in [6, 6.07) is 0. The molecule has 1 rings (SSSR count). The Labute approximate surface area is 71.0 Å². The highest BCUT2D eigenvalue weighted by molar-refractivity contribution is 5.73. The average molecular weight is 171 g/mol. The second-order valence-corrected chi connectivity index (χ2v) is 3.31. The molecular weight excluding hydrogens is 158 g/mol. The Morgan fingerprint density at radius 1 is 1.50 bits per heavy atom. The first-order valence-corrected chi connectivity index (χ1v) is 4.07. The molecule has 0 spiro atoms. The molecule has 12 heavy (non-hydrogen) atoms. The van der Waals surface area contributed by atoms with Crippen LogP contribution in [0, 0.1) is 11.8 Å². The van der Waals surface area contributed by atoms with Gasteiger partial charge in [0.1, 0.15) is 0 Å². The van der Waals surface area contributed by atoms with Crippen LogP contribution in [0.3, 0.4) is 0 Å². The average Bonchev–Trinajstić information content (AvgIpc) is 1.82. The molecule has 0 unspecified atom stereocenters. The van der Waals surface area contributed by atoms with Crippen LogP contribution in [0.5, 0.6) is 0 Å². The minimum atomic E-state index is -0.714. The van der Waals surface area contributed by atoms with Gasteiger partial charge < -0.3 is 10.4 Å². The van der Waals surface area contributed by atoms with Crippen molar-refractivity contribution in [3.05, 3.63) is 0 Å². The van der Waals surface area contributed by atoms with Crippen LogP contribution in [0.4, 0.5) is 0 Å². The van der Waals surface area contributed by atoms with Gasteiger partial charge in [0.25, 0.3) is 0 Å². The van der Waals surface area contributed by atoms with E-state index in [-0.39, 0.29) is 11.8 Å². The van der Waals surface area contributed by atoms with Crippen LogP contribution >= 0.6 is 0 Å². The fourth-order valence-corrected chi connectivity index (χ4v) is 1.39. The molecular formula is C8H13NO3. The van der Waals surface area contributed by atoms with E-state index < -0.39 is 5.97 Å². The number of hydrogen-bond donors (Lipinski definition) is 2. The number of carbonyl (C=O) groups excluding carboxylic acids is 1. The topological polar surface area (TPSA) is 66.4 Å². The number of aliphatic carboxylic acids is 1. The van der Waals surface area contributed by atoms with E-state index in [0.29, 0.717) is 25.3 Å². The zero-order valence-electron chi connectivity index (χ0n) is 7.04. The standard InChI is InChI=1S/C8H13NO3/c1-5(10)9-4-6-2-7(3-6)8(11)12/h6-7H,2-4H2,1H3,(H,9,10)(H,11,12). The summed E-state index contributed by atoms with van der Waals surface area (Å²) in [6.45, 7) is 2.09. The summed E-state index contributed by atoms with van der Waals surface area (Å²) in [4.78, 5) is 20.9. The number of hydrogen-bond acceptors (Lipinski definition) is 2. The van der Waals surface area contributed by atoms with Crippen molar-refractivity contribution in [3.8, 4) is 0 Å². The summed E-state index contributed by atoms with van der Waals surface area (Å²) in [5.41, 5.74) is 0. The normalized spacial score (nSPS) is 27.4. The van der Waals surface area contributed by atoms with Crippen molar-refractivity contribution in [2.75, 3.05) is 6.54 Å². The summed E-state index contributed by atoms with van der Waals surface area (Å²) in [5.74, 6) is -0.568. The highest BCUT2D eigenvalue weighted by Gasteiger charge is 2.33. The first-order chi connectivity index (χ1) is 5.59. The molecule has 0 aromatic heterocycles. The van der Waals surface area contributed by atoms with Crippen molar-refractivity contribution in [2.45, 2.75) is 19.8 Å². The molecule has 0 atom stereocenters. The van der Waals surface area contributed by atoms with Crippen molar-refractivity contribution in [1.82, 2.24) is 5.32 Å². The molecule has 1 amide bonds. The molecule has 0 bridgehead atoms. The lowest BCUT2D eigenvalue weighted by Crippen LogP contribution is -2.38. The Morgan fingerprint density at radius 2 is 2.08 bits per heavy atom. The zero-order chi connectivity index (χ0) is 9.14. The van der Waals surface area contributed by atoms with E-state index in [1.807, 2.05) is 0 Å². The Morgan fingerprint density at radius 3 is 2.50 bits per heavy atom. The summed E-state index contributed by atoms with van der Waals surface area (Å²) < 4.78 is 0. The molecule has 0 aromatic rings. The van der Waals surface area contributed by atoms with Crippen molar-refractivity contribution < 1.29 is 14.7 Å². The van der Waals surface area contributed by atoms with Gasteiger partial charge in [-0.3, -0.25) is 9.59 Å². The number of carboxylic acids is 1. The Hall–Kier alpha value is -1.06. The van der Waals surface area contributed by atoms with E-state index in [0.717, 1.165) is 0 Å². The van der Waals surface area contributed by atoms with Crippen LogP contribution in [-0.4, -0.2) is 23.5 Å². The third-order valence-corrected chi connectivity index (χ3v) is 2.22. The van der Waals surface area contributed by atoms with Crippen LogP contribution in [0.25, 0.3) is 0 Å². The smallest absolute Gasteiger partial charge is 0.306 e. The highest BCUT2D eigenvalue weighted by atomic mass is 16.4. The molecule has 1 saturated carbocycles. The van der Waals surface area contributed by atoms with E-state index >= 15 is 0 Å². The van der Waals surface area contributed by atoms with E-state index in [1.54, 1.807) is 0 Å². The van der Waals surface area contributed by atoms with Gasteiger partial charge in [-0.15, -0.1) is 0 Å². The molecule has 4 heteroatoms. The summed E-state index contributed by atoms with van der Waals surface area (Å²) in [6.07, 6.45) is 1.41. The first-order valence-electron chi connectivity index (χ1n) is 4.07. The van der Waals surface area contributed by atoms with E-state index in [9.17, 15) is 9.59 Å². The lowest BCUT2D eigenvalue weighted by atomic mass is 9.75. The first kappa shape index (κ1) is 9.03. The lowest BCUT2D eigenvalue weighted by molar-refractivity contribution is -0.146. The maximum Gasteiger partial charge on any atom is 0.306 e. The van der Waals surface area contributed by atoms with E-state index in [2.05, 4.69) is 5.32 Å². The number of carboxylic acid groups (broad SMARTS) is 1. The second-order valence-electron chi connectivity index (χ2n) is 3.31. The van der Waals surface area contributed by atoms with Gasteiger partial charge in [-0.05, 0) is 18.8 Å². The quantitative estimate of drug-likeness (QED) is 0.639. The number of carbonyl (C=O) groups is 2. The zero-order valence-corrected chi connectivity index (χ0v) is 7.04. The van der Waals surface area contributed by atoms with Crippen molar-refractivity contribution in [1.29, 1.82) is 0 Å². The third-order valence-electron chi connectivity index (χ3n) is 2.22. The van der Waals surface area contributed by atoms with Crippen LogP contribution in [-0.2, 0) is 9.59 Å². The SMILES string of the molecule is CC(=O)NCC1CC(C(=O)O)C1. The number of rotatable bonds is 3. The Kier molecular flexibility index (Phi) is 2.68. The van der Waals surface area contributed by atoms with Crippen molar-refractivity contribution in [3.63, 3.8) is 0 Å². The van der Waals surface area contributed by atoms with Crippen LogP contribution in [0.1, 0.15) is 19.8 Å². The molecule has 68 valence electrons. The van der Waals surface area contributed by atoms with Gasteiger partial charge in [0.15, 0.2) is 0 Å². The monoisotopic (exact) mass is 171 g/mol. The van der Waals surface area contributed by atoms with E-state index in [4.69, 9.17) is 5.11 Å². The minimum Gasteiger partial charge on any atom is -0.481 e. The largest absolute Gasteiger partial charge is 0.481 e. The number of amides is 1. The van der Waals surface area contributed by atoms with Gasteiger partial charge in [-0.2, -0.15) is 0 Å². The number of nitrogens with one attached hydrogen (secondary N) is 1. The highest BCUT2D eigenvalue weighted by Crippen LogP contribution is 2.32. The molecule has 1 fully saturated rings.